The lowest BCUT2D eigenvalue weighted by atomic mass is 9.99. The van der Waals surface area contributed by atoms with Crippen molar-refractivity contribution in [1.82, 2.24) is 10.2 Å². The van der Waals surface area contributed by atoms with E-state index in [0.29, 0.717) is 17.2 Å². The van der Waals surface area contributed by atoms with E-state index in [1.807, 2.05) is 66.7 Å². The zero-order chi connectivity index (χ0) is 23.4. The van der Waals surface area contributed by atoms with Gasteiger partial charge in [-0.05, 0) is 49.2 Å². The van der Waals surface area contributed by atoms with Crippen LogP contribution in [0.3, 0.4) is 0 Å². The fourth-order valence-corrected chi connectivity index (χ4v) is 3.89. The van der Waals surface area contributed by atoms with Crippen LogP contribution in [-0.2, 0) is 17.9 Å². The van der Waals surface area contributed by atoms with Gasteiger partial charge < -0.3 is 14.6 Å². The summed E-state index contributed by atoms with van der Waals surface area (Å²) in [6.07, 6.45) is 0. The maximum Gasteiger partial charge on any atom is 0.290 e. The van der Waals surface area contributed by atoms with E-state index < -0.39 is 5.54 Å². The van der Waals surface area contributed by atoms with Crippen LogP contribution >= 0.6 is 11.6 Å². The molecule has 0 saturated heterocycles. The standard InChI is InChI=1S/C27H25ClN2O3/c1-27(2,26(32)29-17-19-9-4-3-5-10-19)30(18-20-11-8-13-22(28)15-20)25(31)24-16-21-12-6-7-14-23(21)33-24/h3-16H,17-18H2,1-2H3,(H,29,32). The summed E-state index contributed by atoms with van der Waals surface area (Å²) >= 11 is 6.17. The number of amides is 2. The number of fused-ring (bicyclic) bond motifs is 1. The van der Waals surface area contributed by atoms with Crippen LogP contribution in [0.1, 0.15) is 35.5 Å². The Morgan fingerprint density at radius 3 is 2.33 bits per heavy atom. The quantitative estimate of drug-likeness (QED) is 0.377. The van der Waals surface area contributed by atoms with Gasteiger partial charge in [-0.15, -0.1) is 0 Å². The molecule has 0 aliphatic carbocycles. The zero-order valence-electron chi connectivity index (χ0n) is 18.5. The molecule has 1 aromatic heterocycles. The van der Waals surface area contributed by atoms with E-state index in [9.17, 15) is 9.59 Å². The topological polar surface area (TPSA) is 62.6 Å². The molecule has 0 fully saturated rings. The number of carbonyl (C=O) groups excluding carboxylic acids is 2. The van der Waals surface area contributed by atoms with E-state index in [0.717, 1.165) is 16.5 Å². The lowest BCUT2D eigenvalue weighted by molar-refractivity contribution is -0.130. The van der Waals surface area contributed by atoms with Crippen molar-refractivity contribution in [3.05, 3.63) is 107 Å². The summed E-state index contributed by atoms with van der Waals surface area (Å²) in [7, 11) is 0. The van der Waals surface area contributed by atoms with Crippen molar-refractivity contribution in [2.24, 2.45) is 0 Å². The average Bonchev–Trinajstić information content (AvgIpc) is 3.25. The molecule has 0 unspecified atom stereocenters. The molecule has 4 aromatic rings. The molecule has 5 nitrogen and oxygen atoms in total. The Morgan fingerprint density at radius 1 is 0.909 bits per heavy atom. The molecule has 0 aliphatic heterocycles. The second kappa shape index (κ2) is 9.51. The highest BCUT2D eigenvalue weighted by molar-refractivity contribution is 6.30. The van der Waals surface area contributed by atoms with Crippen LogP contribution in [0.2, 0.25) is 5.02 Å². The molecule has 0 saturated carbocycles. The van der Waals surface area contributed by atoms with Crippen molar-refractivity contribution in [2.45, 2.75) is 32.5 Å². The number of furan rings is 1. The van der Waals surface area contributed by atoms with E-state index in [4.69, 9.17) is 16.0 Å². The summed E-state index contributed by atoms with van der Waals surface area (Å²) in [6, 6.07) is 26.1. The Bertz CT molecular complexity index is 1250. The van der Waals surface area contributed by atoms with Crippen LogP contribution in [0.4, 0.5) is 0 Å². The second-order valence-corrected chi connectivity index (χ2v) is 8.83. The predicted molar refractivity (Wildman–Crippen MR) is 130 cm³/mol. The van der Waals surface area contributed by atoms with Crippen LogP contribution < -0.4 is 5.32 Å². The van der Waals surface area contributed by atoms with Crippen molar-refractivity contribution in [3.63, 3.8) is 0 Å². The number of para-hydroxylation sites is 1. The van der Waals surface area contributed by atoms with E-state index in [1.54, 1.807) is 32.0 Å². The first-order chi connectivity index (χ1) is 15.8. The largest absolute Gasteiger partial charge is 0.451 e. The molecule has 0 aliphatic rings. The molecule has 0 radical (unpaired) electrons. The molecular weight excluding hydrogens is 436 g/mol. The molecule has 0 bridgehead atoms. The lowest BCUT2D eigenvalue weighted by Crippen LogP contribution is -2.56. The Balaban J connectivity index is 1.64. The van der Waals surface area contributed by atoms with Crippen molar-refractivity contribution < 1.29 is 14.0 Å². The first kappa shape index (κ1) is 22.6. The summed E-state index contributed by atoms with van der Waals surface area (Å²) in [5.41, 5.74) is 1.25. The van der Waals surface area contributed by atoms with Crippen molar-refractivity contribution in [3.8, 4) is 0 Å². The van der Waals surface area contributed by atoms with Gasteiger partial charge in [-0.2, -0.15) is 0 Å². The molecule has 6 heteroatoms. The van der Waals surface area contributed by atoms with Crippen LogP contribution in [-0.4, -0.2) is 22.3 Å². The smallest absolute Gasteiger partial charge is 0.290 e. The molecule has 1 N–H and O–H groups in total. The summed E-state index contributed by atoms with van der Waals surface area (Å²) in [5.74, 6) is -0.453. The Labute approximate surface area is 198 Å². The van der Waals surface area contributed by atoms with Gasteiger partial charge in [0.2, 0.25) is 5.91 Å². The van der Waals surface area contributed by atoms with Crippen LogP contribution in [0, 0.1) is 0 Å². The summed E-state index contributed by atoms with van der Waals surface area (Å²) in [5, 5.41) is 4.35. The van der Waals surface area contributed by atoms with E-state index in [2.05, 4.69) is 5.32 Å². The Morgan fingerprint density at radius 2 is 1.61 bits per heavy atom. The molecule has 33 heavy (non-hydrogen) atoms. The fraction of sp³-hybridized carbons (Fsp3) is 0.185. The molecule has 0 spiro atoms. The third kappa shape index (κ3) is 5.10. The third-order valence-corrected chi connectivity index (χ3v) is 5.87. The maximum absolute atomic E-state index is 13.6. The van der Waals surface area contributed by atoms with Crippen molar-refractivity contribution >= 4 is 34.4 Å². The molecular formula is C27H25ClN2O3. The van der Waals surface area contributed by atoms with Gasteiger partial charge in [-0.1, -0.05) is 72.3 Å². The first-order valence-electron chi connectivity index (χ1n) is 10.7. The molecule has 4 rings (SSSR count). The Hall–Kier alpha value is -3.57. The van der Waals surface area contributed by atoms with E-state index in [-0.39, 0.29) is 24.1 Å². The van der Waals surface area contributed by atoms with Crippen molar-refractivity contribution in [1.29, 1.82) is 0 Å². The van der Waals surface area contributed by atoms with Gasteiger partial charge in [0.15, 0.2) is 5.76 Å². The predicted octanol–water partition coefficient (Wildman–Crippen LogP) is 5.82. The minimum absolute atomic E-state index is 0.183. The summed E-state index contributed by atoms with van der Waals surface area (Å²) < 4.78 is 5.83. The number of benzene rings is 3. The van der Waals surface area contributed by atoms with Gasteiger partial charge in [0.05, 0.1) is 0 Å². The highest BCUT2D eigenvalue weighted by Crippen LogP contribution is 2.26. The van der Waals surface area contributed by atoms with Gasteiger partial charge in [0, 0.05) is 23.5 Å². The number of rotatable bonds is 7. The number of nitrogens with one attached hydrogen (secondary N) is 1. The highest BCUT2D eigenvalue weighted by atomic mass is 35.5. The number of nitrogens with zero attached hydrogens (tertiary/aromatic N) is 1. The van der Waals surface area contributed by atoms with Gasteiger partial charge >= 0.3 is 0 Å². The monoisotopic (exact) mass is 460 g/mol. The SMILES string of the molecule is CC(C)(C(=O)NCc1ccccc1)N(Cc1cccc(Cl)c1)C(=O)c1cc2ccccc2o1. The molecule has 0 atom stereocenters. The Kier molecular flexibility index (Phi) is 6.52. The van der Waals surface area contributed by atoms with Gasteiger partial charge in [-0.25, -0.2) is 0 Å². The number of halogens is 1. The maximum atomic E-state index is 13.6. The minimum Gasteiger partial charge on any atom is -0.451 e. The van der Waals surface area contributed by atoms with Gasteiger partial charge in [-0.3, -0.25) is 9.59 Å². The normalized spacial score (nSPS) is 11.4. The molecule has 1 heterocycles. The van der Waals surface area contributed by atoms with Crippen LogP contribution in [0.15, 0.2) is 89.3 Å². The van der Waals surface area contributed by atoms with Gasteiger partial charge in [0.1, 0.15) is 11.1 Å². The fourth-order valence-electron chi connectivity index (χ4n) is 3.68. The lowest BCUT2D eigenvalue weighted by Gasteiger charge is -2.37. The molecule has 168 valence electrons. The summed E-state index contributed by atoms with van der Waals surface area (Å²) in [4.78, 5) is 28.5. The van der Waals surface area contributed by atoms with Crippen LogP contribution in [0.25, 0.3) is 11.0 Å². The number of hydrogen-bond donors (Lipinski definition) is 1. The summed E-state index contributed by atoms with van der Waals surface area (Å²) in [6.45, 7) is 4.03. The minimum atomic E-state index is -1.16. The average molecular weight is 461 g/mol. The first-order valence-corrected chi connectivity index (χ1v) is 11.1. The van der Waals surface area contributed by atoms with Crippen LogP contribution in [0.5, 0.6) is 0 Å². The number of hydrogen-bond acceptors (Lipinski definition) is 3. The second-order valence-electron chi connectivity index (χ2n) is 8.40. The van der Waals surface area contributed by atoms with Crippen molar-refractivity contribution in [2.75, 3.05) is 0 Å². The highest BCUT2D eigenvalue weighted by Gasteiger charge is 2.39. The van der Waals surface area contributed by atoms with E-state index in [1.165, 1.54) is 4.90 Å². The van der Waals surface area contributed by atoms with Gasteiger partial charge in [0.25, 0.3) is 5.91 Å². The third-order valence-electron chi connectivity index (χ3n) is 5.64. The molecule has 3 aromatic carbocycles. The molecule has 2 amide bonds. The number of carbonyl (C=O) groups is 2. The zero-order valence-corrected chi connectivity index (χ0v) is 19.3. The van der Waals surface area contributed by atoms with E-state index >= 15 is 0 Å².